The van der Waals surface area contributed by atoms with Crippen molar-refractivity contribution in [3.05, 3.63) is 23.8 Å². The van der Waals surface area contributed by atoms with E-state index >= 15 is 0 Å². The molecule has 188 valence electrons. The minimum atomic E-state index is -0.732. The fourth-order valence-corrected chi connectivity index (χ4v) is 10.3. The van der Waals surface area contributed by atoms with E-state index in [0.717, 1.165) is 18.8 Å². The largest absolute Gasteiger partial charge is 0.481 e. The molecule has 4 saturated carbocycles. The second kappa shape index (κ2) is 7.71. The Kier molecular flexibility index (Phi) is 5.47. The zero-order chi connectivity index (χ0) is 24.7. The third kappa shape index (κ3) is 3.02. The van der Waals surface area contributed by atoms with Gasteiger partial charge in [0.25, 0.3) is 0 Å². The summed E-state index contributed by atoms with van der Waals surface area (Å²) in [6.45, 7) is 16.1. The summed E-state index contributed by atoms with van der Waals surface area (Å²) in [4.78, 5) is 24.2. The Balaban J connectivity index is 1.46. The summed E-state index contributed by atoms with van der Waals surface area (Å²) in [5.74, 6) is 0.977. The molecule has 1 N–H and O–H groups in total. The van der Waals surface area contributed by atoms with Crippen molar-refractivity contribution in [1.29, 1.82) is 0 Å². The van der Waals surface area contributed by atoms with Crippen LogP contribution in [0.3, 0.4) is 0 Å². The van der Waals surface area contributed by atoms with E-state index in [1.54, 1.807) is 0 Å². The van der Waals surface area contributed by atoms with Crippen molar-refractivity contribution >= 4 is 11.9 Å². The summed E-state index contributed by atoms with van der Waals surface area (Å²) < 4.78 is 5.94. The topological polar surface area (TPSA) is 63.6 Å². The summed E-state index contributed by atoms with van der Waals surface area (Å²) in [6, 6.07) is 0. The zero-order valence-electron chi connectivity index (χ0n) is 21.9. The van der Waals surface area contributed by atoms with Gasteiger partial charge in [0.2, 0.25) is 0 Å². The van der Waals surface area contributed by atoms with Gasteiger partial charge in [-0.25, -0.2) is 4.79 Å². The number of hydrogen-bond donors (Lipinski definition) is 1. The molecular formula is C30H44O4. The minimum Gasteiger partial charge on any atom is -0.481 e. The fourth-order valence-electron chi connectivity index (χ4n) is 10.3. The van der Waals surface area contributed by atoms with Crippen molar-refractivity contribution in [3.63, 3.8) is 0 Å². The highest BCUT2D eigenvalue weighted by molar-refractivity contribution is 5.91. The molecule has 1 aliphatic heterocycles. The maximum atomic E-state index is 12.6. The number of allylic oxidation sites excluding steroid dienone is 2. The van der Waals surface area contributed by atoms with Crippen LogP contribution in [0.5, 0.6) is 0 Å². The van der Waals surface area contributed by atoms with Crippen molar-refractivity contribution in [3.8, 4) is 0 Å². The van der Waals surface area contributed by atoms with E-state index in [4.69, 9.17) is 4.74 Å². The van der Waals surface area contributed by atoms with Crippen LogP contribution in [-0.2, 0) is 14.3 Å². The monoisotopic (exact) mass is 468 g/mol. The van der Waals surface area contributed by atoms with E-state index in [9.17, 15) is 14.7 Å². The van der Waals surface area contributed by atoms with Crippen LogP contribution in [0.4, 0.5) is 0 Å². The number of carboxylic acids is 1. The number of aliphatic carboxylic acids is 1. The van der Waals surface area contributed by atoms with Gasteiger partial charge < -0.3 is 9.84 Å². The fraction of sp³-hybridized carbons (Fsp3) is 0.800. The van der Waals surface area contributed by atoms with Gasteiger partial charge in [-0.1, -0.05) is 39.0 Å². The molecule has 0 aromatic carbocycles. The number of ether oxygens (including phenoxy) is 1. The Morgan fingerprint density at radius 3 is 2.65 bits per heavy atom. The molecule has 1 saturated heterocycles. The van der Waals surface area contributed by atoms with E-state index < -0.39 is 5.97 Å². The van der Waals surface area contributed by atoms with Crippen LogP contribution in [-0.4, -0.2) is 23.1 Å². The molecule has 1 heterocycles. The van der Waals surface area contributed by atoms with Crippen LogP contribution in [0.25, 0.3) is 0 Å². The van der Waals surface area contributed by atoms with E-state index in [0.29, 0.717) is 29.2 Å². The van der Waals surface area contributed by atoms with Gasteiger partial charge >= 0.3 is 11.9 Å². The van der Waals surface area contributed by atoms with Gasteiger partial charge in [0.1, 0.15) is 6.10 Å². The Bertz CT molecular complexity index is 945. The summed E-state index contributed by atoms with van der Waals surface area (Å²) in [5, 5.41) is 9.55. The maximum Gasteiger partial charge on any atom is 0.334 e. The van der Waals surface area contributed by atoms with Crippen molar-refractivity contribution in [2.45, 2.75) is 105 Å². The van der Waals surface area contributed by atoms with Crippen molar-refractivity contribution in [2.24, 2.45) is 45.3 Å². The third-order valence-corrected chi connectivity index (χ3v) is 12.1. The summed E-state index contributed by atoms with van der Waals surface area (Å²) in [5.41, 5.74) is 2.58. The highest BCUT2D eigenvalue weighted by Crippen LogP contribution is 2.88. The molecule has 0 amide bonds. The van der Waals surface area contributed by atoms with E-state index in [1.807, 2.05) is 0 Å². The predicted molar refractivity (Wildman–Crippen MR) is 133 cm³/mol. The molecule has 9 atom stereocenters. The van der Waals surface area contributed by atoms with Gasteiger partial charge in [-0.2, -0.15) is 0 Å². The van der Waals surface area contributed by atoms with E-state index in [2.05, 4.69) is 47.3 Å². The number of hydrogen-bond acceptors (Lipinski definition) is 3. The van der Waals surface area contributed by atoms with Crippen LogP contribution >= 0.6 is 0 Å². The lowest BCUT2D eigenvalue weighted by Crippen LogP contribution is -2.56. The number of carbonyl (C=O) groups is 2. The second-order valence-corrected chi connectivity index (χ2v) is 13.4. The zero-order valence-corrected chi connectivity index (χ0v) is 21.9. The van der Waals surface area contributed by atoms with Gasteiger partial charge in [0.05, 0.1) is 0 Å². The molecule has 4 heteroatoms. The number of esters is 1. The first-order chi connectivity index (χ1) is 15.9. The number of carbonyl (C=O) groups excluding carboxylic acids is 1. The lowest BCUT2D eigenvalue weighted by Gasteiger charge is -2.61. The van der Waals surface area contributed by atoms with Gasteiger partial charge in [-0.3, -0.25) is 4.79 Å². The second-order valence-electron chi connectivity index (χ2n) is 13.4. The Morgan fingerprint density at radius 1 is 1.24 bits per heavy atom. The van der Waals surface area contributed by atoms with Gasteiger partial charge in [0.15, 0.2) is 0 Å². The molecule has 34 heavy (non-hydrogen) atoms. The Morgan fingerprint density at radius 2 is 1.97 bits per heavy atom. The van der Waals surface area contributed by atoms with Crippen LogP contribution in [0.15, 0.2) is 23.8 Å². The van der Waals surface area contributed by atoms with Gasteiger partial charge in [-0.05, 0) is 111 Å². The Hall–Kier alpha value is -1.58. The SMILES string of the molecule is C=C1C(=O)O[C@H]2C[C@H]3[C@@]4(CC[C@@]5(C)[C@H]([C@@H](C)CCC=C(C)C)CC[C@]35C)C[C@@]4(CCC(=O)O)[C@@H]12. The van der Waals surface area contributed by atoms with Gasteiger partial charge in [-0.15, -0.1) is 0 Å². The van der Waals surface area contributed by atoms with Crippen LogP contribution < -0.4 is 0 Å². The molecule has 5 aliphatic rings. The van der Waals surface area contributed by atoms with Crippen molar-refractivity contribution in [2.75, 3.05) is 0 Å². The van der Waals surface area contributed by atoms with Crippen molar-refractivity contribution in [1.82, 2.24) is 0 Å². The normalized spacial score (nSPS) is 47.1. The van der Waals surface area contributed by atoms with Crippen LogP contribution in [0.2, 0.25) is 0 Å². The minimum absolute atomic E-state index is 0.0174. The quantitative estimate of drug-likeness (QED) is 0.250. The first-order valence-electron chi connectivity index (χ1n) is 13.7. The molecule has 0 aromatic heterocycles. The lowest BCUT2D eigenvalue weighted by molar-refractivity contribution is -0.158. The lowest BCUT2D eigenvalue weighted by atomic mass is 9.43. The molecule has 0 radical (unpaired) electrons. The van der Waals surface area contributed by atoms with Crippen LogP contribution in [0.1, 0.15) is 98.8 Å². The molecule has 5 fully saturated rings. The summed E-state index contributed by atoms with van der Waals surface area (Å²) in [7, 11) is 0. The molecule has 4 nitrogen and oxygen atoms in total. The third-order valence-electron chi connectivity index (χ3n) is 12.1. The van der Waals surface area contributed by atoms with Crippen molar-refractivity contribution < 1.29 is 19.4 Å². The molecule has 4 aliphatic carbocycles. The Labute approximate surface area is 205 Å². The number of rotatable bonds is 7. The summed E-state index contributed by atoms with van der Waals surface area (Å²) in [6.07, 6.45) is 12.5. The van der Waals surface area contributed by atoms with Gasteiger partial charge in [0, 0.05) is 17.9 Å². The molecule has 5 rings (SSSR count). The maximum absolute atomic E-state index is 12.6. The average molecular weight is 469 g/mol. The average Bonchev–Trinajstić information content (AvgIpc) is 3.21. The van der Waals surface area contributed by atoms with E-state index in [1.165, 1.54) is 44.1 Å². The standard InChI is InChI=1S/C30H44O4/c1-18(2)8-7-9-19(3)21-10-12-28(6)23-16-22-25(20(4)26(33)34-22)30(13-11-24(31)32)17-29(23,30)15-14-27(21,28)5/h8,19,21-23,25H,4,7,9-17H2,1-3,5-6H3,(H,31,32)/t19-,21-,22-,23+,25-,27-,28+,29+,30-/m0/s1. The van der Waals surface area contributed by atoms with E-state index in [-0.39, 0.29) is 40.7 Å². The number of carboxylic acid groups (broad SMARTS) is 1. The highest BCUT2D eigenvalue weighted by Gasteiger charge is 2.83. The highest BCUT2D eigenvalue weighted by atomic mass is 16.6. The predicted octanol–water partition coefficient (Wildman–Crippen LogP) is 6.94. The molecular weight excluding hydrogens is 424 g/mol. The molecule has 0 aromatic rings. The molecule has 0 unspecified atom stereocenters. The first kappa shape index (κ1) is 24.1. The summed E-state index contributed by atoms with van der Waals surface area (Å²) >= 11 is 0. The first-order valence-corrected chi connectivity index (χ1v) is 13.7. The molecule has 1 spiro atoms. The smallest absolute Gasteiger partial charge is 0.334 e. The number of fused-ring (bicyclic) bond motifs is 4. The van der Waals surface area contributed by atoms with Crippen LogP contribution in [0, 0.1) is 45.3 Å². The molecule has 0 bridgehead atoms.